The summed E-state index contributed by atoms with van der Waals surface area (Å²) in [4.78, 5) is 23.3. The van der Waals surface area contributed by atoms with E-state index in [0.717, 1.165) is 36.8 Å². The number of hydrogen-bond donors (Lipinski definition) is 2. The minimum absolute atomic E-state index is 0.123. The van der Waals surface area contributed by atoms with Gasteiger partial charge in [-0.2, -0.15) is 5.10 Å². The fraction of sp³-hybridized carbons (Fsp3) is 0.438. The van der Waals surface area contributed by atoms with Gasteiger partial charge in [0.15, 0.2) is 0 Å². The number of amides is 2. The first-order valence-electron chi connectivity index (χ1n) is 7.36. The lowest BCUT2D eigenvalue weighted by Crippen LogP contribution is -2.44. The first-order chi connectivity index (χ1) is 10.1. The van der Waals surface area contributed by atoms with Gasteiger partial charge in [0.2, 0.25) is 0 Å². The Hall–Kier alpha value is -2.17. The van der Waals surface area contributed by atoms with Crippen molar-refractivity contribution in [1.29, 1.82) is 0 Å². The van der Waals surface area contributed by atoms with Crippen LogP contribution in [-0.2, 0) is 9.59 Å². The molecule has 5 heteroatoms. The normalized spacial score (nSPS) is 15.9. The van der Waals surface area contributed by atoms with Gasteiger partial charge in [-0.15, -0.1) is 0 Å². The van der Waals surface area contributed by atoms with Crippen LogP contribution in [0.4, 0.5) is 0 Å². The van der Waals surface area contributed by atoms with Crippen LogP contribution in [0.5, 0.6) is 0 Å². The van der Waals surface area contributed by atoms with Crippen LogP contribution in [0.3, 0.4) is 0 Å². The number of carbonyl (C=O) groups is 2. The standard InChI is InChI=1S/C16H21N3O2/c1-12-6-5-7-13(10-12)11-17-19-16(21)15(20)18-14-8-3-2-4-9-14/h5-7,10-11,14H,2-4,8-9H2,1H3,(H,18,20)(H,19,21)/b17-11+. The molecule has 0 spiro atoms. The average molecular weight is 287 g/mol. The Balaban J connectivity index is 1.79. The van der Waals surface area contributed by atoms with Crippen LogP contribution in [0.15, 0.2) is 29.4 Å². The molecular formula is C16H21N3O2. The molecule has 1 fully saturated rings. The SMILES string of the molecule is Cc1cccc(/C=N/NC(=O)C(=O)NC2CCCCC2)c1. The van der Waals surface area contributed by atoms with Crippen molar-refractivity contribution in [2.75, 3.05) is 0 Å². The van der Waals surface area contributed by atoms with Gasteiger partial charge in [0.25, 0.3) is 0 Å². The van der Waals surface area contributed by atoms with Gasteiger partial charge < -0.3 is 5.32 Å². The average Bonchev–Trinajstić information content (AvgIpc) is 2.48. The van der Waals surface area contributed by atoms with Crippen molar-refractivity contribution in [3.63, 3.8) is 0 Å². The summed E-state index contributed by atoms with van der Waals surface area (Å²) in [5.41, 5.74) is 4.25. The number of hydrazone groups is 1. The van der Waals surface area contributed by atoms with E-state index in [9.17, 15) is 9.59 Å². The maximum Gasteiger partial charge on any atom is 0.329 e. The molecule has 0 atom stereocenters. The molecule has 21 heavy (non-hydrogen) atoms. The number of aryl methyl sites for hydroxylation is 1. The molecule has 0 unspecified atom stereocenters. The monoisotopic (exact) mass is 287 g/mol. The highest BCUT2D eigenvalue weighted by atomic mass is 16.2. The summed E-state index contributed by atoms with van der Waals surface area (Å²) in [7, 11) is 0. The molecule has 0 radical (unpaired) electrons. The third-order valence-corrected chi connectivity index (χ3v) is 3.57. The third-order valence-electron chi connectivity index (χ3n) is 3.57. The van der Waals surface area contributed by atoms with Crippen LogP contribution >= 0.6 is 0 Å². The van der Waals surface area contributed by atoms with Crippen molar-refractivity contribution in [1.82, 2.24) is 10.7 Å². The Morgan fingerprint density at radius 2 is 1.95 bits per heavy atom. The van der Waals surface area contributed by atoms with E-state index in [2.05, 4.69) is 15.8 Å². The predicted octanol–water partition coefficient (Wildman–Crippen LogP) is 1.89. The Bertz CT molecular complexity index is 534. The number of hydrogen-bond acceptors (Lipinski definition) is 3. The second-order valence-electron chi connectivity index (χ2n) is 5.42. The summed E-state index contributed by atoms with van der Waals surface area (Å²) in [5, 5.41) is 6.56. The molecule has 2 rings (SSSR count). The van der Waals surface area contributed by atoms with Crippen molar-refractivity contribution < 1.29 is 9.59 Å². The van der Waals surface area contributed by atoms with Crippen LogP contribution in [0.25, 0.3) is 0 Å². The first-order valence-corrected chi connectivity index (χ1v) is 7.36. The van der Waals surface area contributed by atoms with Crippen LogP contribution in [-0.4, -0.2) is 24.1 Å². The highest BCUT2D eigenvalue weighted by Gasteiger charge is 2.19. The summed E-state index contributed by atoms with van der Waals surface area (Å²) in [5.74, 6) is -1.33. The highest BCUT2D eigenvalue weighted by molar-refractivity contribution is 6.35. The van der Waals surface area contributed by atoms with Gasteiger partial charge in [0.05, 0.1) is 6.21 Å². The van der Waals surface area contributed by atoms with E-state index >= 15 is 0 Å². The van der Waals surface area contributed by atoms with Gasteiger partial charge in [-0.05, 0) is 25.3 Å². The summed E-state index contributed by atoms with van der Waals surface area (Å²) < 4.78 is 0. The fourth-order valence-electron chi connectivity index (χ4n) is 2.46. The zero-order chi connectivity index (χ0) is 15.1. The van der Waals surface area contributed by atoms with Gasteiger partial charge in [-0.3, -0.25) is 9.59 Å². The van der Waals surface area contributed by atoms with Crippen molar-refractivity contribution in [2.45, 2.75) is 45.1 Å². The molecule has 1 saturated carbocycles. The maximum absolute atomic E-state index is 11.7. The Labute approximate surface area is 124 Å². The van der Waals surface area contributed by atoms with Gasteiger partial charge in [-0.25, -0.2) is 5.43 Å². The minimum Gasteiger partial charge on any atom is -0.345 e. The van der Waals surface area contributed by atoms with Crippen LogP contribution in [0.2, 0.25) is 0 Å². The first kappa shape index (κ1) is 15.2. The molecule has 5 nitrogen and oxygen atoms in total. The molecule has 0 aliphatic heterocycles. The van der Waals surface area contributed by atoms with E-state index < -0.39 is 11.8 Å². The number of carbonyl (C=O) groups excluding carboxylic acids is 2. The van der Waals surface area contributed by atoms with Gasteiger partial charge in [0.1, 0.15) is 0 Å². The lowest BCUT2D eigenvalue weighted by Gasteiger charge is -2.22. The van der Waals surface area contributed by atoms with Gasteiger partial charge >= 0.3 is 11.8 Å². The molecule has 0 heterocycles. The van der Waals surface area contributed by atoms with Gasteiger partial charge in [-0.1, -0.05) is 49.1 Å². The molecule has 0 aromatic heterocycles. The zero-order valence-corrected chi connectivity index (χ0v) is 12.3. The molecule has 0 bridgehead atoms. The van der Waals surface area contributed by atoms with Gasteiger partial charge in [0, 0.05) is 6.04 Å². The zero-order valence-electron chi connectivity index (χ0n) is 12.3. The van der Waals surface area contributed by atoms with Crippen molar-refractivity contribution in [3.8, 4) is 0 Å². The number of nitrogens with zero attached hydrogens (tertiary/aromatic N) is 1. The van der Waals surface area contributed by atoms with Crippen LogP contribution < -0.4 is 10.7 Å². The predicted molar refractivity (Wildman–Crippen MR) is 81.9 cm³/mol. The van der Waals surface area contributed by atoms with E-state index in [-0.39, 0.29) is 6.04 Å². The Kier molecular flexibility index (Phi) is 5.49. The molecule has 1 aliphatic carbocycles. The van der Waals surface area contributed by atoms with Crippen molar-refractivity contribution >= 4 is 18.0 Å². The number of rotatable bonds is 3. The second kappa shape index (κ2) is 7.57. The largest absolute Gasteiger partial charge is 0.345 e. The minimum atomic E-state index is -0.718. The van der Waals surface area contributed by atoms with Crippen LogP contribution in [0.1, 0.15) is 43.2 Å². The molecule has 2 N–H and O–H groups in total. The highest BCUT2D eigenvalue weighted by Crippen LogP contribution is 2.17. The van der Waals surface area contributed by atoms with E-state index in [1.165, 1.54) is 12.6 Å². The third kappa shape index (κ3) is 5.02. The fourth-order valence-corrected chi connectivity index (χ4v) is 2.46. The number of benzene rings is 1. The van der Waals surface area contributed by atoms with Crippen molar-refractivity contribution in [2.24, 2.45) is 5.10 Å². The van der Waals surface area contributed by atoms with E-state index in [1.54, 1.807) is 0 Å². The molecule has 1 aromatic carbocycles. The second-order valence-corrected chi connectivity index (χ2v) is 5.42. The molecule has 1 aliphatic rings. The molecule has 2 amide bonds. The molecule has 1 aromatic rings. The smallest absolute Gasteiger partial charge is 0.329 e. The lowest BCUT2D eigenvalue weighted by atomic mass is 9.95. The topological polar surface area (TPSA) is 70.6 Å². The maximum atomic E-state index is 11.7. The lowest BCUT2D eigenvalue weighted by molar-refractivity contribution is -0.139. The summed E-state index contributed by atoms with van der Waals surface area (Å²) >= 11 is 0. The molecule has 0 saturated heterocycles. The van der Waals surface area contributed by atoms with Crippen LogP contribution in [0, 0.1) is 6.92 Å². The molecular weight excluding hydrogens is 266 g/mol. The Morgan fingerprint density at radius 3 is 2.67 bits per heavy atom. The molecule has 112 valence electrons. The summed E-state index contributed by atoms with van der Waals surface area (Å²) in [6, 6.07) is 7.84. The van der Waals surface area contributed by atoms with E-state index in [4.69, 9.17) is 0 Å². The quantitative estimate of drug-likeness (QED) is 0.506. The summed E-state index contributed by atoms with van der Waals surface area (Å²) in [6.07, 6.45) is 6.85. The van der Waals surface area contributed by atoms with E-state index in [0.29, 0.717) is 0 Å². The van der Waals surface area contributed by atoms with E-state index in [1.807, 2.05) is 31.2 Å². The summed E-state index contributed by atoms with van der Waals surface area (Å²) in [6.45, 7) is 1.98. The Morgan fingerprint density at radius 1 is 1.19 bits per heavy atom. The van der Waals surface area contributed by atoms with Crippen molar-refractivity contribution in [3.05, 3.63) is 35.4 Å². The number of nitrogens with one attached hydrogen (secondary N) is 2.